The van der Waals surface area contributed by atoms with Crippen LogP contribution in [0, 0.1) is 6.92 Å². The Balaban J connectivity index is 2.23. The molecule has 1 unspecified atom stereocenters. The van der Waals surface area contributed by atoms with Crippen molar-refractivity contribution in [3.63, 3.8) is 0 Å². The molecule has 3 nitrogen and oxygen atoms in total. The number of aromatic amines is 1. The summed E-state index contributed by atoms with van der Waals surface area (Å²) in [5.74, 6) is 0.528. The molecule has 1 fully saturated rings. The zero-order chi connectivity index (χ0) is 11.8. The van der Waals surface area contributed by atoms with Gasteiger partial charge >= 0.3 is 6.18 Å². The lowest BCUT2D eigenvalue weighted by Crippen LogP contribution is -2.29. The molecule has 0 bridgehead atoms. The smallest absolute Gasteiger partial charge is 0.345 e. The van der Waals surface area contributed by atoms with Crippen molar-refractivity contribution in [2.75, 3.05) is 13.1 Å². The number of H-pyrrole nitrogens is 1. The van der Waals surface area contributed by atoms with Crippen LogP contribution in [0.2, 0.25) is 0 Å². The summed E-state index contributed by atoms with van der Waals surface area (Å²) in [5, 5.41) is 3.16. The second-order valence-corrected chi connectivity index (χ2v) is 4.14. The molecular weight excluding hydrogens is 219 g/mol. The Hall–Kier alpha value is -1.04. The van der Waals surface area contributed by atoms with Crippen LogP contribution >= 0.6 is 0 Å². The second-order valence-electron chi connectivity index (χ2n) is 4.14. The molecule has 2 rings (SSSR count). The standard InChI is InChI=1S/C10H14F3N3/c1-6-8(10(11,12)13)16-9(15-6)7-3-2-4-14-5-7/h7,14H,2-5H2,1H3,(H,15,16). The minimum absolute atomic E-state index is 0.0727. The van der Waals surface area contributed by atoms with E-state index >= 15 is 0 Å². The first-order chi connectivity index (χ1) is 7.48. The van der Waals surface area contributed by atoms with E-state index in [0.717, 1.165) is 19.4 Å². The monoisotopic (exact) mass is 233 g/mol. The summed E-state index contributed by atoms with van der Waals surface area (Å²) in [5.41, 5.74) is -0.679. The normalized spacial score (nSPS) is 22.4. The Kier molecular flexibility index (Phi) is 2.92. The maximum atomic E-state index is 12.5. The van der Waals surface area contributed by atoms with Gasteiger partial charge in [0.05, 0.1) is 0 Å². The van der Waals surface area contributed by atoms with E-state index in [1.54, 1.807) is 0 Å². The summed E-state index contributed by atoms with van der Waals surface area (Å²) < 4.78 is 37.6. The lowest BCUT2D eigenvalue weighted by atomic mass is 9.99. The summed E-state index contributed by atoms with van der Waals surface area (Å²) >= 11 is 0. The van der Waals surface area contributed by atoms with Gasteiger partial charge in [0.2, 0.25) is 0 Å². The number of nitrogens with one attached hydrogen (secondary N) is 2. The molecule has 1 atom stereocenters. The molecule has 0 radical (unpaired) electrons. The lowest BCUT2D eigenvalue weighted by molar-refractivity contribution is -0.141. The fraction of sp³-hybridized carbons (Fsp3) is 0.700. The molecule has 0 aromatic carbocycles. The minimum atomic E-state index is -4.36. The second kappa shape index (κ2) is 4.08. The third-order valence-corrected chi connectivity index (χ3v) is 2.86. The van der Waals surface area contributed by atoms with Crippen molar-refractivity contribution in [1.29, 1.82) is 0 Å². The summed E-state index contributed by atoms with van der Waals surface area (Å²) in [6, 6.07) is 0. The molecule has 0 saturated carbocycles. The number of aryl methyl sites for hydroxylation is 1. The Morgan fingerprint density at radius 1 is 1.38 bits per heavy atom. The molecule has 0 amide bonds. The van der Waals surface area contributed by atoms with Gasteiger partial charge in [-0.2, -0.15) is 13.2 Å². The van der Waals surface area contributed by atoms with E-state index in [4.69, 9.17) is 0 Å². The zero-order valence-corrected chi connectivity index (χ0v) is 8.99. The average molecular weight is 233 g/mol. The van der Waals surface area contributed by atoms with Crippen molar-refractivity contribution in [2.24, 2.45) is 0 Å². The van der Waals surface area contributed by atoms with Crippen LogP contribution in [0.1, 0.15) is 36.0 Å². The number of imidazole rings is 1. The Labute approximate surface area is 91.5 Å². The summed E-state index contributed by atoms with van der Waals surface area (Å²) in [6.45, 7) is 3.04. The first kappa shape index (κ1) is 11.4. The highest BCUT2D eigenvalue weighted by molar-refractivity contribution is 5.18. The van der Waals surface area contributed by atoms with Crippen LogP contribution in [0.5, 0.6) is 0 Å². The van der Waals surface area contributed by atoms with E-state index in [9.17, 15) is 13.2 Å². The van der Waals surface area contributed by atoms with Crippen LogP contribution in [0.25, 0.3) is 0 Å². The maximum absolute atomic E-state index is 12.5. The molecule has 1 aromatic rings. The van der Waals surface area contributed by atoms with Crippen LogP contribution in [-0.4, -0.2) is 23.1 Å². The van der Waals surface area contributed by atoms with Crippen LogP contribution in [0.15, 0.2) is 0 Å². The zero-order valence-electron chi connectivity index (χ0n) is 8.99. The van der Waals surface area contributed by atoms with Crippen molar-refractivity contribution in [2.45, 2.75) is 31.9 Å². The lowest BCUT2D eigenvalue weighted by Gasteiger charge is -2.20. The predicted molar refractivity (Wildman–Crippen MR) is 53.2 cm³/mol. The van der Waals surface area contributed by atoms with Gasteiger partial charge in [-0.25, -0.2) is 4.98 Å². The van der Waals surface area contributed by atoms with Gasteiger partial charge < -0.3 is 10.3 Å². The molecule has 2 N–H and O–H groups in total. The minimum Gasteiger partial charge on any atom is -0.345 e. The topological polar surface area (TPSA) is 40.7 Å². The van der Waals surface area contributed by atoms with Gasteiger partial charge in [0.15, 0.2) is 5.69 Å². The van der Waals surface area contributed by atoms with Crippen LogP contribution in [0.4, 0.5) is 13.2 Å². The predicted octanol–water partition coefficient (Wildman–Crippen LogP) is 2.20. The number of alkyl halides is 3. The van der Waals surface area contributed by atoms with Gasteiger partial charge in [-0.1, -0.05) is 0 Å². The molecule has 16 heavy (non-hydrogen) atoms. The van der Waals surface area contributed by atoms with E-state index in [-0.39, 0.29) is 11.6 Å². The molecule has 6 heteroatoms. The first-order valence-electron chi connectivity index (χ1n) is 5.33. The number of nitrogens with zero attached hydrogens (tertiary/aromatic N) is 1. The van der Waals surface area contributed by atoms with E-state index in [1.165, 1.54) is 6.92 Å². The van der Waals surface area contributed by atoms with E-state index in [2.05, 4.69) is 15.3 Å². The van der Waals surface area contributed by atoms with Gasteiger partial charge in [-0.05, 0) is 26.3 Å². The molecule has 0 aliphatic carbocycles. The number of aromatic nitrogens is 2. The number of piperidine rings is 1. The summed E-state index contributed by atoms with van der Waals surface area (Å²) in [7, 11) is 0. The van der Waals surface area contributed by atoms with Crippen molar-refractivity contribution in [1.82, 2.24) is 15.3 Å². The third kappa shape index (κ3) is 2.21. The van der Waals surface area contributed by atoms with Crippen molar-refractivity contribution in [3.05, 3.63) is 17.2 Å². The van der Waals surface area contributed by atoms with E-state index in [0.29, 0.717) is 12.4 Å². The van der Waals surface area contributed by atoms with Crippen LogP contribution < -0.4 is 5.32 Å². The average Bonchev–Trinajstić information content (AvgIpc) is 2.61. The number of hydrogen-bond donors (Lipinski definition) is 2. The number of hydrogen-bond acceptors (Lipinski definition) is 2. The number of rotatable bonds is 1. The SMILES string of the molecule is Cc1[nH]c(C2CCCNC2)nc1C(F)(F)F. The molecule has 0 spiro atoms. The molecular formula is C10H14F3N3. The van der Waals surface area contributed by atoms with Gasteiger partial charge in [-0.15, -0.1) is 0 Å². The molecule has 1 aromatic heterocycles. The molecule has 1 aliphatic heterocycles. The quantitative estimate of drug-likeness (QED) is 0.780. The largest absolute Gasteiger partial charge is 0.435 e. The van der Waals surface area contributed by atoms with Gasteiger partial charge in [0, 0.05) is 18.2 Å². The Morgan fingerprint density at radius 2 is 2.12 bits per heavy atom. The van der Waals surface area contributed by atoms with Crippen LogP contribution in [-0.2, 0) is 6.18 Å². The van der Waals surface area contributed by atoms with E-state index < -0.39 is 11.9 Å². The highest BCUT2D eigenvalue weighted by Gasteiger charge is 2.36. The first-order valence-corrected chi connectivity index (χ1v) is 5.33. The molecule has 1 saturated heterocycles. The highest BCUT2D eigenvalue weighted by Crippen LogP contribution is 2.32. The van der Waals surface area contributed by atoms with Gasteiger partial charge in [0.1, 0.15) is 5.82 Å². The molecule has 1 aliphatic rings. The maximum Gasteiger partial charge on any atom is 0.435 e. The Bertz CT molecular complexity index is 364. The van der Waals surface area contributed by atoms with Crippen molar-refractivity contribution < 1.29 is 13.2 Å². The molecule has 2 heterocycles. The van der Waals surface area contributed by atoms with Gasteiger partial charge in [0.25, 0.3) is 0 Å². The van der Waals surface area contributed by atoms with Crippen molar-refractivity contribution >= 4 is 0 Å². The fourth-order valence-corrected chi connectivity index (χ4v) is 2.04. The summed E-state index contributed by atoms with van der Waals surface area (Å²) in [6.07, 6.45) is -2.50. The fourth-order valence-electron chi connectivity index (χ4n) is 2.04. The number of halogens is 3. The third-order valence-electron chi connectivity index (χ3n) is 2.86. The summed E-state index contributed by atoms with van der Waals surface area (Å²) in [4.78, 5) is 6.43. The van der Waals surface area contributed by atoms with Gasteiger partial charge in [-0.3, -0.25) is 0 Å². The Morgan fingerprint density at radius 3 is 2.62 bits per heavy atom. The highest BCUT2D eigenvalue weighted by atomic mass is 19.4. The van der Waals surface area contributed by atoms with E-state index in [1.807, 2.05) is 0 Å². The van der Waals surface area contributed by atoms with Crippen LogP contribution in [0.3, 0.4) is 0 Å². The molecule has 90 valence electrons. The van der Waals surface area contributed by atoms with Crippen molar-refractivity contribution in [3.8, 4) is 0 Å².